The van der Waals surface area contributed by atoms with Crippen molar-refractivity contribution in [3.8, 4) is 0 Å². The maximum atomic E-state index is 14.1. The molecule has 3 atom stereocenters. The Bertz CT molecular complexity index is 594. The molecule has 1 amide bonds. The second kappa shape index (κ2) is 5.93. The van der Waals surface area contributed by atoms with Gasteiger partial charge in [0.15, 0.2) is 0 Å². The Balaban J connectivity index is 1.78. The highest BCUT2D eigenvalue weighted by atomic mass is 19.1. The minimum absolute atomic E-state index is 0.116. The van der Waals surface area contributed by atoms with E-state index in [2.05, 4.69) is 5.32 Å². The number of benzene rings is 1. The Labute approximate surface area is 128 Å². The summed E-state index contributed by atoms with van der Waals surface area (Å²) in [6, 6.07) is 2.13. The van der Waals surface area contributed by atoms with Crippen LogP contribution >= 0.6 is 0 Å². The first-order valence-electron chi connectivity index (χ1n) is 7.60. The lowest BCUT2D eigenvalue weighted by Gasteiger charge is -2.25. The zero-order valence-corrected chi connectivity index (χ0v) is 12.5. The third-order valence-corrected chi connectivity index (χ3v) is 4.85. The van der Waals surface area contributed by atoms with Gasteiger partial charge < -0.3 is 10.4 Å². The van der Waals surface area contributed by atoms with Crippen LogP contribution in [0.4, 0.5) is 8.78 Å². The van der Waals surface area contributed by atoms with E-state index in [4.69, 9.17) is 0 Å². The van der Waals surface area contributed by atoms with Gasteiger partial charge in [0, 0.05) is 44.1 Å². The molecule has 1 aliphatic carbocycles. The zero-order chi connectivity index (χ0) is 15.9. The van der Waals surface area contributed by atoms with Crippen LogP contribution in [0.15, 0.2) is 12.1 Å². The van der Waals surface area contributed by atoms with Crippen LogP contribution < -0.4 is 5.32 Å². The van der Waals surface area contributed by atoms with Crippen molar-refractivity contribution in [2.75, 3.05) is 20.1 Å². The van der Waals surface area contributed by atoms with Crippen molar-refractivity contribution in [1.29, 1.82) is 0 Å². The third-order valence-electron chi connectivity index (χ3n) is 4.85. The molecule has 22 heavy (non-hydrogen) atoms. The van der Waals surface area contributed by atoms with E-state index in [-0.39, 0.29) is 35.9 Å². The average Bonchev–Trinajstić information content (AvgIpc) is 3.08. The van der Waals surface area contributed by atoms with Crippen molar-refractivity contribution >= 4 is 5.91 Å². The molecule has 0 saturated carbocycles. The molecule has 6 heteroatoms. The molecule has 1 saturated heterocycles. The van der Waals surface area contributed by atoms with E-state index in [1.54, 1.807) is 7.05 Å². The number of carbonyl (C=O) groups is 1. The number of β-amino-alcohol motifs (C(OH)–C–C–N with tert-alkyl or cyclic N) is 1. The number of aliphatic hydroxyl groups is 1. The van der Waals surface area contributed by atoms with Crippen LogP contribution in [0.1, 0.15) is 30.0 Å². The van der Waals surface area contributed by atoms with Crippen molar-refractivity contribution in [2.24, 2.45) is 5.92 Å². The highest BCUT2D eigenvalue weighted by Crippen LogP contribution is 2.41. The second-order valence-electron chi connectivity index (χ2n) is 6.13. The summed E-state index contributed by atoms with van der Waals surface area (Å²) in [5.74, 6) is -1.03. The number of nitrogens with zero attached hydrogens (tertiary/aromatic N) is 1. The number of carbonyl (C=O) groups excluding carboxylic acids is 1. The van der Waals surface area contributed by atoms with Crippen LogP contribution in [0.2, 0.25) is 0 Å². The first-order chi connectivity index (χ1) is 10.5. The number of aliphatic hydroxyl groups excluding tert-OH is 1. The number of hydrogen-bond acceptors (Lipinski definition) is 3. The van der Waals surface area contributed by atoms with Gasteiger partial charge in [-0.25, -0.2) is 8.78 Å². The Morgan fingerprint density at radius 1 is 1.36 bits per heavy atom. The van der Waals surface area contributed by atoms with Gasteiger partial charge in [-0.15, -0.1) is 0 Å². The summed E-state index contributed by atoms with van der Waals surface area (Å²) in [6.45, 7) is 0.913. The summed E-state index contributed by atoms with van der Waals surface area (Å²) in [5.41, 5.74) is 0.877. The van der Waals surface area contributed by atoms with E-state index in [9.17, 15) is 18.7 Å². The molecule has 0 spiro atoms. The first-order valence-corrected chi connectivity index (χ1v) is 7.60. The van der Waals surface area contributed by atoms with Gasteiger partial charge in [-0.1, -0.05) is 0 Å². The van der Waals surface area contributed by atoms with Crippen molar-refractivity contribution in [3.63, 3.8) is 0 Å². The molecule has 3 rings (SSSR count). The number of halogens is 2. The smallest absolute Gasteiger partial charge is 0.220 e. The van der Waals surface area contributed by atoms with Crippen LogP contribution in [0.25, 0.3) is 0 Å². The first kappa shape index (κ1) is 15.4. The van der Waals surface area contributed by atoms with Gasteiger partial charge in [0.05, 0.1) is 6.10 Å². The summed E-state index contributed by atoms with van der Waals surface area (Å²) < 4.78 is 27.9. The van der Waals surface area contributed by atoms with Crippen molar-refractivity contribution in [1.82, 2.24) is 10.2 Å². The lowest BCUT2D eigenvalue weighted by atomic mass is 10.0. The molecule has 4 nitrogen and oxygen atoms in total. The lowest BCUT2D eigenvalue weighted by Crippen LogP contribution is -2.27. The van der Waals surface area contributed by atoms with Gasteiger partial charge in [0.2, 0.25) is 5.91 Å². The molecular weight excluding hydrogens is 290 g/mol. The van der Waals surface area contributed by atoms with Gasteiger partial charge in [0.1, 0.15) is 11.6 Å². The van der Waals surface area contributed by atoms with Gasteiger partial charge >= 0.3 is 0 Å². The number of nitrogens with one attached hydrogen (secondary N) is 1. The lowest BCUT2D eigenvalue weighted by molar-refractivity contribution is -0.122. The topological polar surface area (TPSA) is 52.6 Å². The number of rotatable bonds is 3. The molecule has 1 heterocycles. The van der Waals surface area contributed by atoms with Crippen molar-refractivity contribution < 1.29 is 18.7 Å². The highest BCUT2D eigenvalue weighted by Gasteiger charge is 2.40. The number of hydrogen-bond donors (Lipinski definition) is 2. The van der Waals surface area contributed by atoms with E-state index in [1.807, 2.05) is 4.90 Å². The molecule has 0 radical (unpaired) electrons. The summed E-state index contributed by atoms with van der Waals surface area (Å²) in [7, 11) is 1.56. The van der Waals surface area contributed by atoms with E-state index in [1.165, 1.54) is 12.1 Å². The summed E-state index contributed by atoms with van der Waals surface area (Å²) in [4.78, 5) is 13.5. The van der Waals surface area contributed by atoms with Crippen molar-refractivity contribution in [3.05, 3.63) is 34.9 Å². The van der Waals surface area contributed by atoms with E-state index < -0.39 is 6.10 Å². The second-order valence-corrected chi connectivity index (χ2v) is 6.13. The molecule has 1 aromatic rings. The number of fused-ring (bicyclic) bond motifs is 1. The van der Waals surface area contributed by atoms with E-state index >= 15 is 0 Å². The molecule has 2 aliphatic rings. The zero-order valence-electron chi connectivity index (χ0n) is 12.5. The molecular formula is C16H20F2N2O2. The van der Waals surface area contributed by atoms with Crippen molar-refractivity contribution in [2.45, 2.75) is 31.4 Å². The molecule has 1 aliphatic heterocycles. The normalized spacial score (nSPS) is 27.9. The predicted molar refractivity (Wildman–Crippen MR) is 77.2 cm³/mol. The monoisotopic (exact) mass is 310 g/mol. The van der Waals surface area contributed by atoms with Gasteiger partial charge in [-0.05, 0) is 30.5 Å². The fraction of sp³-hybridized carbons (Fsp3) is 0.562. The largest absolute Gasteiger partial charge is 0.391 e. The standard InChI is InChI=1S/C16H20F2N2O2/c1-19-15(22)6-9-7-20(8-14(9)21)13-5-2-10-11(17)3-4-12(18)16(10)13/h3-4,9,13-14,21H,2,5-8H2,1H3,(H,19,22)/t9-,13?,14-/m1/s1. The van der Waals surface area contributed by atoms with Crippen LogP contribution in [0, 0.1) is 17.6 Å². The maximum Gasteiger partial charge on any atom is 0.220 e. The summed E-state index contributed by atoms with van der Waals surface area (Å²) in [5, 5.41) is 12.7. The Morgan fingerprint density at radius 3 is 2.82 bits per heavy atom. The van der Waals surface area contributed by atoms with E-state index in [0.29, 0.717) is 37.1 Å². The maximum absolute atomic E-state index is 14.1. The molecule has 2 N–H and O–H groups in total. The number of amides is 1. The molecule has 1 unspecified atom stereocenters. The Hall–Kier alpha value is -1.53. The molecule has 0 aromatic heterocycles. The average molecular weight is 310 g/mol. The minimum atomic E-state index is -0.613. The van der Waals surface area contributed by atoms with E-state index in [0.717, 1.165) is 0 Å². The summed E-state index contributed by atoms with van der Waals surface area (Å²) >= 11 is 0. The Morgan fingerprint density at radius 2 is 2.09 bits per heavy atom. The fourth-order valence-electron chi connectivity index (χ4n) is 3.70. The minimum Gasteiger partial charge on any atom is -0.391 e. The van der Waals surface area contributed by atoms with Gasteiger partial charge in [-0.3, -0.25) is 9.69 Å². The van der Waals surface area contributed by atoms with Crippen LogP contribution in [0.5, 0.6) is 0 Å². The Kier molecular flexibility index (Phi) is 4.14. The van der Waals surface area contributed by atoms with Gasteiger partial charge in [0.25, 0.3) is 0 Å². The summed E-state index contributed by atoms with van der Waals surface area (Å²) in [6.07, 6.45) is 0.792. The molecule has 1 aromatic carbocycles. The van der Waals surface area contributed by atoms with Crippen LogP contribution in [0.3, 0.4) is 0 Å². The third kappa shape index (κ3) is 2.61. The quantitative estimate of drug-likeness (QED) is 0.887. The van der Waals surface area contributed by atoms with Crippen LogP contribution in [-0.2, 0) is 11.2 Å². The molecule has 0 bridgehead atoms. The highest BCUT2D eigenvalue weighted by molar-refractivity contribution is 5.75. The van der Waals surface area contributed by atoms with Crippen LogP contribution in [-0.4, -0.2) is 42.2 Å². The fourth-order valence-corrected chi connectivity index (χ4v) is 3.70. The van der Waals surface area contributed by atoms with Gasteiger partial charge in [-0.2, -0.15) is 0 Å². The number of likely N-dealkylation sites (tertiary alicyclic amines) is 1. The SMILES string of the molecule is CNC(=O)C[C@@H]1CN(C2CCc3c(F)ccc(F)c32)C[C@H]1O. The molecule has 120 valence electrons. The predicted octanol–water partition coefficient (Wildman–Crippen LogP) is 1.38. The molecule has 1 fully saturated rings.